The molecule has 0 unspecified atom stereocenters. The Morgan fingerprint density at radius 2 is 1.89 bits per heavy atom. The third-order valence-electron chi connectivity index (χ3n) is 4.37. The van der Waals surface area contributed by atoms with E-state index in [9.17, 15) is 4.79 Å². The highest BCUT2D eigenvalue weighted by atomic mass is 16.5. The molecule has 27 heavy (non-hydrogen) atoms. The summed E-state index contributed by atoms with van der Waals surface area (Å²) in [6.07, 6.45) is 7.29. The Labute approximate surface area is 156 Å². The predicted octanol–water partition coefficient (Wildman–Crippen LogP) is 4.34. The zero-order valence-electron chi connectivity index (χ0n) is 14.9. The largest absolute Gasteiger partial charge is 0.490 e. The summed E-state index contributed by atoms with van der Waals surface area (Å²) in [5, 5.41) is 0.573. The minimum atomic E-state index is -0.155. The fourth-order valence-corrected chi connectivity index (χ4v) is 3.05. The first-order valence-corrected chi connectivity index (χ1v) is 8.76. The Bertz CT molecular complexity index is 1140. The number of nitrogens with one attached hydrogen (secondary N) is 1. The molecule has 0 saturated heterocycles. The molecule has 0 bridgehead atoms. The number of aromatic amines is 1. The molecule has 0 aliphatic rings. The lowest BCUT2D eigenvalue weighted by Gasteiger charge is -2.04. The third kappa shape index (κ3) is 3.27. The molecular formula is C22H19N3O2. The summed E-state index contributed by atoms with van der Waals surface area (Å²) in [5.41, 5.74) is 3.21. The fraction of sp³-hybridized carbons (Fsp3) is 0.0909. The van der Waals surface area contributed by atoms with Gasteiger partial charge in [-0.2, -0.15) is 0 Å². The summed E-state index contributed by atoms with van der Waals surface area (Å²) < 4.78 is 7.59. The number of hydrogen-bond donors (Lipinski definition) is 1. The molecule has 5 nitrogen and oxygen atoms in total. The van der Waals surface area contributed by atoms with Crippen LogP contribution in [0.4, 0.5) is 0 Å². The number of ether oxygens (including phenoxy) is 1. The van der Waals surface area contributed by atoms with E-state index in [0.29, 0.717) is 17.6 Å². The second-order valence-corrected chi connectivity index (χ2v) is 6.08. The van der Waals surface area contributed by atoms with E-state index < -0.39 is 0 Å². The quantitative estimate of drug-likeness (QED) is 0.541. The Kier molecular flexibility index (Phi) is 4.58. The Hall–Kier alpha value is -3.60. The first-order valence-electron chi connectivity index (χ1n) is 8.76. The van der Waals surface area contributed by atoms with E-state index in [1.165, 1.54) is 6.33 Å². The van der Waals surface area contributed by atoms with Crippen LogP contribution in [0.2, 0.25) is 0 Å². The molecule has 2 aromatic carbocycles. The average Bonchev–Trinajstić information content (AvgIpc) is 3.10. The van der Waals surface area contributed by atoms with Crippen molar-refractivity contribution >= 4 is 11.0 Å². The first-order chi connectivity index (χ1) is 13.3. The van der Waals surface area contributed by atoms with Gasteiger partial charge in [-0.25, -0.2) is 4.98 Å². The number of nitrogens with zero attached hydrogens (tertiary/aromatic N) is 2. The topological polar surface area (TPSA) is 59.9 Å². The van der Waals surface area contributed by atoms with Crippen LogP contribution in [-0.4, -0.2) is 21.1 Å². The SMILES string of the molecule is C/C=C/COc1ccc(-c2cn(-c3ccccc3)c3nc[nH]c(=O)c23)cc1. The van der Waals surface area contributed by atoms with Gasteiger partial charge in [0, 0.05) is 17.4 Å². The Balaban J connectivity index is 1.81. The standard InChI is InChI=1S/C22H19N3O2/c1-2-3-13-27-18-11-9-16(10-12-18)19-14-25(17-7-5-4-6-8-17)21-20(19)22(26)24-15-23-21/h2-12,14-15H,13H2,1H3,(H,23,24,26)/b3-2+. The van der Waals surface area contributed by atoms with Crippen LogP contribution in [0.15, 0.2) is 84.1 Å². The number of para-hydroxylation sites is 1. The van der Waals surface area contributed by atoms with Gasteiger partial charge in [-0.3, -0.25) is 4.79 Å². The lowest BCUT2D eigenvalue weighted by Crippen LogP contribution is -2.07. The number of H-pyrrole nitrogens is 1. The molecule has 0 saturated carbocycles. The van der Waals surface area contributed by atoms with Crippen LogP contribution >= 0.6 is 0 Å². The minimum Gasteiger partial charge on any atom is -0.490 e. The van der Waals surface area contributed by atoms with Crippen molar-refractivity contribution in [3.63, 3.8) is 0 Å². The maximum Gasteiger partial charge on any atom is 0.260 e. The van der Waals surface area contributed by atoms with Gasteiger partial charge in [-0.15, -0.1) is 0 Å². The smallest absolute Gasteiger partial charge is 0.260 e. The maximum absolute atomic E-state index is 12.5. The lowest BCUT2D eigenvalue weighted by molar-refractivity contribution is 0.363. The van der Waals surface area contributed by atoms with Gasteiger partial charge in [-0.1, -0.05) is 42.5 Å². The van der Waals surface area contributed by atoms with Gasteiger partial charge in [0.15, 0.2) is 5.65 Å². The molecule has 134 valence electrons. The monoisotopic (exact) mass is 357 g/mol. The highest BCUT2D eigenvalue weighted by molar-refractivity contribution is 5.94. The van der Waals surface area contributed by atoms with Crippen molar-refractivity contribution in [1.29, 1.82) is 0 Å². The van der Waals surface area contributed by atoms with Crippen molar-refractivity contribution in [2.45, 2.75) is 6.92 Å². The van der Waals surface area contributed by atoms with Gasteiger partial charge in [0.25, 0.3) is 5.56 Å². The van der Waals surface area contributed by atoms with E-state index in [2.05, 4.69) is 9.97 Å². The molecule has 0 aliphatic heterocycles. The molecule has 2 aromatic heterocycles. The van der Waals surface area contributed by atoms with Gasteiger partial charge < -0.3 is 14.3 Å². The maximum atomic E-state index is 12.5. The summed E-state index contributed by atoms with van der Waals surface area (Å²) in [7, 11) is 0. The predicted molar refractivity (Wildman–Crippen MR) is 107 cm³/mol. The molecular weight excluding hydrogens is 338 g/mol. The van der Waals surface area contributed by atoms with Crippen molar-refractivity contribution in [3.05, 3.63) is 89.6 Å². The highest BCUT2D eigenvalue weighted by Gasteiger charge is 2.15. The molecule has 0 atom stereocenters. The number of benzene rings is 2. The summed E-state index contributed by atoms with van der Waals surface area (Å²) in [6, 6.07) is 17.6. The van der Waals surface area contributed by atoms with Crippen molar-refractivity contribution in [2.24, 2.45) is 0 Å². The summed E-state index contributed by atoms with van der Waals surface area (Å²) in [6.45, 7) is 2.49. The molecule has 2 heterocycles. The zero-order valence-corrected chi connectivity index (χ0v) is 14.9. The van der Waals surface area contributed by atoms with Gasteiger partial charge in [0.2, 0.25) is 0 Å². The van der Waals surface area contributed by atoms with E-state index in [1.807, 2.05) is 84.4 Å². The van der Waals surface area contributed by atoms with Crippen LogP contribution in [-0.2, 0) is 0 Å². The molecule has 0 aliphatic carbocycles. The molecule has 1 N–H and O–H groups in total. The molecule has 4 aromatic rings. The second kappa shape index (κ2) is 7.33. The summed E-state index contributed by atoms with van der Waals surface area (Å²) >= 11 is 0. The van der Waals surface area contributed by atoms with Crippen LogP contribution < -0.4 is 10.3 Å². The van der Waals surface area contributed by atoms with E-state index >= 15 is 0 Å². The Morgan fingerprint density at radius 3 is 2.63 bits per heavy atom. The number of rotatable bonds is 5. The molecule has 0 spiro atoms. The first kappa shape index (κ1) is 16.8. The highest BCUT2D eigenvalue weighted by Crippen LogP contribution is 2.30. The van der Waals surface area contributed by atoms with Crippen molar-refractivity contribution in [1.82, 2.24) is 14.5 Å². The van der Waals surface area contributed by atoms with Gasteiger partial charge >= 0.3 is 0 Å². The van der Waals surface area contributed by atoms with Gasteiger partial charge in [0.05, 0.1) is 11.7 Å². The number of fused-ring (bicyclic) bond motifs is 1. The summed E-state index contributed by atoms with van der Waals surface area (Å²) in [5.74, 6) is 0.788. The van der Waals surface area contributed by atoms with E-state index in [0.717, 1.165) is 22.6 Å². The third-order valence-corrected chi connectivity index (χ3v) is 4.37. The van der Waals surface area contributed by atoms with Crippen molar-refractivity contribution < 1.29 is 4.74 Å². The van der Waals surface area contributed by atoms with Crippen molar-refractivity contribution in [3.8, 4) is 22.6 Å². The minimum absolute atomic E-state index is 0.155. The molecule has 0 amide bonds. The van der Waals surface area contributed by atoms with Crippen LogP contribution in [0.5, 0.6) is 5.75 Å². The van der Waals surface area contributed by atoms with Gasteiger partial charge in [0.1, 0.15) is 12.4 Å². The zero-order chi connectivity index (χ0) is 18.6. The van der Waals surface area contributed by atoms with E-state index in [4.69, 9.17) is 4.74 Å². The van der Waals surface area contributed by atoms with Crippen LogP contribution in [0, 0.1) is 0 Å². The fourth-order valence-electron chi connectivity index (χ4n) is 3.05. The van der Waals surface area contributed by atoms with E-state index in [1.54, 1.807) is 0 Å². The van der Waals surface area contributed by atoms with Crippen LogP contribution in [0.3, 0.4) is 0 Å². The normalized spacial score (nSPS) is 11.3. The van der Waals surface area contributed by atoms with Gasteiger partial charge in [-0.05, 0) is 36.8 Å². The lowest BCUT2D eigenvalue weighted by atomic mass is 10.1. The van der Waals surface area contributed by atoms with Crippen molar-refractivity contribution in [2.75, 3.05) is 6.61 Å². The second-order valence-electron chi connectivity index (χ2n) is 6.08. The van der Waals surface area contributed by atoms with E-state index in [-0.39, 0.29) is 5.56 Å². The van der Waals surface area contributed by atoms with Crippen LogP contribution in [0.1, 0.15) is 6.92 Å². The van der Waals surface area contributed by atoms with Crippen LogP contribution in [0.25, 0.3) is 27.8 Å². The number of aromatic nitrogens is 3. The molecule has 0 fully saturated rings. The number of allylic oxidation sites excluding steroid dienone is 1. The average molecular weight is 357 g/mol. The number of hydrogen-bond acceptors (Lipinski definition) is 3. The molecule has 0 radical (unpaired) electrons. The summed E-state index contributed by atoms with van der Waals surface area (Å²) in [4.78, 5) is 19.6. The molecule has 4 rings (SSSR count). The Morgan fingerprint density at radius 1 is 1.11 bits per heavy atom. The molecule has 5 heteroatoms.